The van der Waals surface area contributed by atoms with Gasteiger partial charge in [-0.3, -0.25) is 9.88 Å². The van der Waals surface area contributed by atoms with Gasteiger partial charge in [0.1, 0.15) is 0 Å². The van der Waals surface area contributed by atoms with Gasteiger partial charge in [0.05, 0.1) is 6.10 Å². The maximum absolute atomic E-state index is 10.1. The summed E-state index contributed by atoms with van der Waals surface area (Å²) in [5.41, 5.74) is 1.24. The van der Waals surface area contributed by atoms with E-state index < -0.39 is 0 Å². The van der Waals surface area contributed by atoms with Gasteiger partial charge in [-0.05, 0) is 43.0 Å². The van der Waals surface area contributed by atoms with Crippen LogP contribution in [-0.4, -0.2) is 46.8 Å². The molecule has 2 heterocycles. The molecule has 1 aliphatic rings. The number of aliphatic hydroxyl groups excluding tert-OH is 1. The van der Waals surface area contributed by atoms with Crippen molar-refractivity contribution >= 4 is 0 Å². The normalized spacial score (nSPS) is 19.6. The van der Waals surface area contributed by atoms with E-state index in [4.69, 9.17) is 0 Å². The van der Waals surface area contributed by atoms with Crippen molar-refractivity contribution in [3.63, 3.8) is 0 Å². The molecule has 1 aromatic heterocycles. The highest BCUT2D eigenvalue weighted by molar-refractivity contribution is 5.08. The van der Waals surface area contributed by atoms with Gasteiger partial charge >= 0.3 is 0 Å². The summed E-state index contributed by atoms with van der Waals surface area (Å²) in [5, 5.41) is 13.6. The van der Waals surface area contributed by atoms with Gasteiger partial charge in [0, 0.05) is 31.5 Å². The topological polar surface area (TPSA) is 48.4 Å². The summed E-state index contributed by atoms with van der Waals surface area (Å²) in [6.07, 6.45) is 5.78. The van der Waals surface area contributed by atoms with E-state index in [0.29, 0.717) is 12.6 Å². The van der Waals surface area contributed by atoms with Gasteiger partial charge in [0.25, 0.3) is 0 Å². The molecule has 0 aromatic carbocycles. The summed E-state index contributed by atoms with van der Waals surface area (Å²) in [6, 6.07) is 4.67. The number of hydrogen-bond donors (Lipinski definition) is 2. The van der Waals surface area contributed by atoms with E-state index in [1.165, 1.54) is 5.56 Å². The molecule has 2 rings (SSSR count). The van der Waals surface area contributed by atoms with Crippen LogP contribution in [0.25, 0.3) is 0 Å². The van der Waals surface area contributed by atoms with Crippen LogP contribution < -0.4 is 5.32 Å². The molecule has 2 N–H and O–H groups in total. The summed E-state index contributed by atoms with van der Waals surface area (Å²) < 4.78 is 0. The molecule has 4 nitrogen and oxygen atoms in total. The average Bonchev–Trinajstić information content (AvgIpc) is 2.46. The Morgan fingerprint density at radius 2 is 2.10 bits per heavy atom. The van der Waals surface area contributed by atoms with Crippen molar-refractivity contribution in [2.24, 2.45) is 5.41 Å². The molecule has 1 atom stereocenters. The number of likely N-dealkylation sites (tertiary alicyclic amines) is 1. The van der Waals surface area contributed by atoms with Gasteiger partial charge in [-0.1, -0.05) is 26.8 Å². The molecular formula is C17H29N3O. The Bertz CT molecular complexity index is 408. The first-order valence-electron chi connectivity index (χ1n) is 7.98. The molecule has 0 bridgehead atoms. The van der Waals surface area contributed by atoms with Crippen molar-refractivity contribution in [3.05, 3.63) is 30.1 Å². The lowest BCUT2D eigenvalue weighted by atomic mass is 9.89. The summed E-state index contributed by atoms with van der Waals surface area (Å²) in [4.78, 5) is 6.65. The van der Waals surface area contributed by atoms with Gasteiger partial charge in [-0.25, -0.2) is 0 Å². The summed E-state index contributed by atoms with van der Waals surface area (Å²) in [7, 11) is 0. The maximum Gasteiger partial charge on any atom is 0.0712 e. The Balaban J connectivity index is 1.69. The Labute approximate surface area is 128 Å². The quantitative estimate of drug-likeness (QED) is 0.871. The molecule has 4 heteroatoms. The number of nitrogens with one attached hydrogen (secondary N) is 1. The maximum atomic E-state index is 10.1. The van der Waals surface area contributed by atoms with Crippen LogP contribution >= 0.6 is 0 Å². The lowest BCUT2D eigenvalue weighted by molar-refractivity contribution is 0.0571. The molecule has 1 saturated heterocycles. The lowest BCUT2D eigenvalue weighted by Crippen LogP contribution is -2.46. The van der Waals surface area contributed by atoms with E-state index >= 15 is 0 Å². The van der Waals surface area contributed by atoms with Crippen LogP contribution in [0.3, 0.4) is 0 Å². The number of rotatable bonds is 5. The third-order valence-electron chi connectivity index (χ3n) is 4.32. The molecule has 118 valence electrons. The molecule has 21 heavy (non-hydrogen) atoms. The SMILES string of the molecule is CC(C)(C)C(O)CNC1CCN(Cc2cccnc2)CC1. The van der Waals surface area contributed by atoms with Crippen molar-refractivity contribution in [2.45, 2.75) is 52.3 Å². The van der Waals surface area contributed by atoms with Gasteiger partial charge in [0.15, 0.2) is 0 Å². The molecule has 0 spiro atoms. The zero-order chi connectivity index (χ0) is 15.3. The molecular weight excluding hydrogens is 262 g/mol. The molecule has 0 saturated carbocycles. The van der Waals surface area contributed by atoms with E-state index in [1.54, 1.807) is 0 Å². The minimum atomic E-state index is -0.286. The van der Waals surface area contributed by atoms with Crippen LogP contribution in [0.5, 0.6) is 0 Å². The summed E-state index contributed by atoms with van der Waals surface area (Å²) in [5.74, 6) is 0. The minimum Gasteiger partial charge on any atom is -0.391 e. The van der Waals surface area contributed by atoms with Crippen molar-refractivity contribution in [1.29, 1.82) is 0 Å². The van der Waals surface area contributed by atoms with Crippen LogP contribution in [0.1, 0.15) is 39.2 Å². The smallest absolute Gasteiger partial charge is 0.0712 e. The second-order valence-electron chi connectivity index (χ2n) is 7.20. The Morgan fingerprint density at radius 3 is 2.67 bits per heavy atom. The zero-order valence-electron chi connectivity index (χ0n) is 13.5. The van der Waals surface area contributed by atoms with Crippen LogP contribution in [0, 0.1) is 5.41 Å². The lowest BCUT2D eigenvalue weighted by Gasteiger charge is -2.34. The largest absolute Gasteiger partial charge is 0.391 e. The van der Waals surface area contributed by atoms with Gasteiger partial charge in [0.2, 0.25) is 0 Å². The average molecular weight is 291 g/mol. The second-order valence-corrected chi connectivity index (χ2v) is 7.20. The van der Waals surface area contributed by atoms with E-state index in [0.717, 1.165) is 32.5 Å². The van der Waals surface area contributed by atoms with Crippen molar-refractivity contribution < 1.29 is 5.11 Å². The standard InChI is InChI=1S/C17H29N3O/c1-17(2,3)16(21)12-19-15-6-9-20(10-7-15)13-14-5-4-8-18-11-14/h4-5,8,11,15-16,19,21H,6-7,9-10,12-13H2,1-3H3. The first kappa shape index (κ1) is 16.4. The zero-order valence-corrected chi connectivity index (χ0v) is 13.5. The van der Waals surface area contributed by atoms with Crippen LogP contribution in [0.2, 0.25) is 0 Å². The number of aromatic nitrogens is 1. The van der Waals surface area contributed by atoms with Crippen molar-refractivity contribution in [3.8, 4) is 0 Å². The number of nitrogens with zero attached hydrogens (tertiary/aromatic N) is 2. The Kier molecular flexibility index (Phi) is 5.73. The molecule has 0 aliphatic carbocycles. The highest BCUT2D eigenvalue weighted by atomic mass is 16.3. The van der Waals surface area contributed by atoms with Crippen molar-refractivity contribution in [1.82, 2.24) is 15.2 Å². The molecule has 1 aliphatic heterocycles. The highest BCUT2D eigenvalue weighted by Crippen LogP contribution is 2.19. The van der Waals surface area contributed by atoms with Crippen LogP contribution in [-0.2, 0) is 6.54 Å². The first-order valence-corrected chi connectivity index (χ1v) is 7.98. The predicted molar refractivity (Wildman–Crippen MR) is 86.0 cm³/mol. The van der Waals surface area contributed by atoms with Crippen molar-refractivity contribution in [2.75, 3.05) is 19.6 Å². The van der Waals surface area contributed by atoms with Gasteiger partial charge in [-0.2, -0.15) is 0 Å². The Morgan fingerprint density at radius 1 is 1.38 bits per heavy atom. The fourth-order valence-corrected chi connectivity index (χ4v) is 2.63. The first-order chi connectivity index (χ1) is 9.95. The molecule has 1 fully saturated rings. The molecule has 0 radical (unpaired) electrons. The second kappa shape index (κ2) is 7.34. The number of pyridine rings is 1. The third kappa shape index (κ3) is 5.38. The molecule has 0 amide bonds. The summed E-state index contributed by atoms with van der Waals surface area (Å²) in [6.45, 7) is 10.1. The molecule has 1 unspecified atom stereocenters. The Hall–Kier alpha value is -0.970. The van der Waals surface area contributed by atoms with E-state index in [1.807, 2.05) is 18.5 Å². The number of hydrogen-bond acceptors (Lipinski definition) is 4. The monoisotopic (exact) mass is 291 g/mol. The predicted octanol–water partition coefficient (Wildman–Crippen LogP) is 2.04. The number of piperidine rings is 1. The third-order valence-corrected chi connectivity index (χ3v) is 4.32. The minimum absolute atomic E-state index is 0.0476. The van der Waals surface area contributed by atoms with Crippen LogP contribution in [0.15, 0.2) is 24.5 Å². The van der Waals surface area contributed by atoms with Gasteiger partial charge in [-0.15, -0.1) is 0 Å². The number of aliphatic hydroxyl groups is 1. The highest BCUT2D eigenvalue weighted by Gasteiger charge is 2.24. The van der Waals surface area contributed by atoms with E-state index in [9.17, 15) is 5.11 Å². The summed E-state index contributed by atoms with van der Waals surface area (Å²) >= 11 is 0. The molecule has 1 aromatic rings. The fraction of sp³-hybridized carbons (Fsp3) is 0.706. The van der Waals surface area contributed by atoms with E-state index in [-0.39, 0.29) is 11.5 Å². The van der Waals surface area contributed by atoms with E-state index in [2.05, 4.69) is 42.0 Å². The van der Waals surface area contributed by atoms with Crippen LogP contribution in [0.4, 0.5) is 0 Å². The van der Waals surface area contributed by atoms with Gasteiger partial charge < -0.3 is 10.4 Å². The fourth-order valence-electron chi connectivity index (χ4n) is 2.63.